The normalized spacial score (nSPS) is 15.3. The zero-order chi connectivity index (χ0) is 15.0. The van der Waals surface area contributed by atoms with Crippen molar-refractivity contribution in [3.05, 3.63) is 59.2 Å². The van der Waals surface area contributed by atoms with Crippen molar-refractivity contribution in [1.29, 1.82) is 0 Å². The molecule has 0 amide bonds. The number of benzene rings is 2. The number of Topliss-reactive ketones (excluding diaryl/α,β-unsaturated/α-hetero) is 1. The molecule has 1 nitrogen and oxygen atoms in total. The Morgan fingerprint density at radius 3 is 2.52 bits per heavy atom. The second-order valence-corrected chi connectivity index (χ2v) is 7.18. The van der Waals surface area contributed by atoms with Gasteiger partial charge in [-0.05, 0) is 35.1 Å². The minimum absolute atomic E-state index is 0.228. The van der Waals surface area contributed by atoms with E-state index in [1.165, 1.54) is 16.0 Å². The average Bonchev–Trinajstić information content (AvgIpc) is 2.61. The van der Waals surface area contributed by atoms with Crippen LogP contribution in [0.25, 0.3) is 0 Å². The highest BCUT2D eigenvalue weighted by molar-refractivity contribution is 7.99. The van der Waals surface area contributed by atoms with Crippen LogP contribution < -0.4 is 0 Å². The molecule has 1 aliphatic rings. The van der Waals surface area contributed by atoms with Crippen molar-refractivity contribution in [3.63, 3.8) is 0 Å². The van der Waals surface area contributed by atoms with Gasteiger partial charge in [-0.25, -0.2) is 0 Å². The van der Waals surface area contributed by atoms with Crippen LogP contribution in [0.3, 0.4) is 0 Å². The first kappa shape index (κ1) is 14.4. The van der Waals surface area contributed by atoms with Crippen molar-refractivity contribution in [1.82, 2.24) is 0 Å². The van der Waals surface area contributed by atoms with Gasteiger partial charge in [0.05, 0.1) is 0 Å². The van der Waals surface area contributed by atoms with Crippen molar-refractivity contribution >= 4 is 17.5 Å². The number of rotatable bonds is 2. The Kier molecular flexibility index (Phi) is 3.90. The molecule has 0 fully saturated rings. The van der Waals surface area contributed by atoms with Crippen LogP contribution in [0.5, 0.6) is 0 Å². The predicted molar refractivity (Wildman–Crippen MR) is 88.3 cm³/mol. The maximum Gasteiger partial charge on any atom is 0.168 e. The molecule has 0 spiro atoms. The molecule has 0 radical (unpaired) electrons. The zero-order valence-corrected chi connectivity index (χ0v) is 13.5. The molecule has 0 saturated carbocycles. The number of hydrogen-bond donors (Lipinski definition) is 0. The SMILES string of the molecule is CC(C)C(C)c1ccc2c(c1)CC(=O)c1ccccc1S2. The summed E-state index contributed by atoms with van der Waals surface area (Å²) in [6.07, 6.45) is 0.512. The molecule has 1 aliphatic heterocycles. The summed E-state index contributed by atoms with van der Waals surface area (Å²) < 4.78 is 0. The second-order valence-electron chi connectivity index (χ2n) is 6.10. The molecule has 1 heterocycles. The van der Waals surface area contributed by atoms with Crippen LogP contribution in [0.1, 0.15) is 48.2 Å². The van der Waals surface area contributed by atoms with E-state index in [1.807, 2.05) is 24.3 Å². The van der Waals surface area contributed by atoms with Crippen LogP contribution in [0.15, 0.2) is 52.3 Å². The molecule has 0 aliphatic carbocycles. The fraction of sp³-hybridized carbons (Fsp3) is 0.316. The van der Waals surface area contributed by atoms with Crippen LogP contribution in [0.4, 0.5) is 0 Å². The van der Waals surface area contributed by atoms with Gasteiger partial charge in [0.15, 0.2) is 5.78 Å². The van der Waals surface area contributed by atoms with Gasteiger partial charge in [-0.2, -0.15) is 0 Å². The molecule has 2 aromatic carbocycles. The van der Waals surface area contributed by atoms with E-state index in [4.69, 9.17) is 0 Å². The Bertz CT molecular complexity index is 688. The molecule has 2 heteroatoms. The summed E-state index contributed by atoms with van der Waals surface area (Å²) in [5, 5.41) is 0. The Labute approximate surface area is 130 Å². The number of carbonyl (C=O) groups excluding carboxylic acids is 1. The fourth-order valence-corrected chi connectivity index (χ4v) is 3.75. The minimum Gasteiger partial charge on any atom is -0.294 e. The van der Waals surface area contributed by atoms with Crippen LogP contribution in [0.2, 0.25) is 0 Å². The zero-order valence-electron chi connectivity index (χ0n) is 12.7. The van der Waals surface area contributed by atoms with Crippen LogP contribution in [-0.2, 0) is 6.42 Å². The molecule has 0 aromatic heterocycles. The van der Waals surface area contributed by atoms with Crippen molar-refractivity contribution < 1.29 is 4.79 Å². The van der Waals surface area contributed by atoms with Gasteiger partial charge < -0.3 is 0 Å². The molecule has 2 aromatic rings. The van der Waals surface area contributed by atoms with Crippen molar-refractivity contribution in [3.8, 4) is 0 Å². The average molecular weight is 296 g/mol. The molecule has 21 heavy (non-hydrogen) atoms. The quantitative estimate of drug-likeness (QED) is 0.744. The third kappa shape index (κ3) is 2.77. The molecule has 1 unspecified atom stereocenters. The first-order valence-electron chi connectivity index (χ1n) is 7.49. The topological polar surface area (TPSA) is 17.1 Å². The number of hydrogen-bond acceptors (Lipinski definition) is 2. The predicted octanol–water partition coefficient (Wildman–Crippen LogP) is 5.34. The molecule has 0 saturated heterocycles. The highest BCUT2D eigenvalue weighted by Gasteiger charge is 2.21. The van der Waals surface area contributed by atoms with Crippen LogP contribution in [-0.4, -0.2) is 5.78 Å². The minimum atomic E-state index is 0.228. The molecular formula is C19H20OS. The summed E-state index contributed by atoms with van der Waals surface area (Å²) in [6, 6.07) is 14.6. The standard InChI is InChI=1S/C19H20OS/c1-12(2)13(3)14-8-9-18-15(10-14)11-17(20)16-6-4-5-7-19(16)21-18/h4-10,12-13H,11H2,1-3H3. The summed E-state index contributed by atoms with van der Waals surface area (Å²) in [5.41, 5.74) is 3.37. The maximum atomic E-state index is 12.5. The van der Waals surface area contributed by atoms with Crippen LogP contribution in [0, 0.1) is 5.92 Å². The van der Waals surface area contributed by atoms with Gasteiger partial charge in [0, 0.05) is 21.8 Å². The lowest BCUT2D eigenvalue weighted by Crippen LogP contribution is -2.06. The van der Waals surface area contributed by atoms with Crippen molar-refractivity contribution in [2.45, 2.75) is 42.9 Å². The van der Waals surface area contributed by atoms with E-state index in [0.717, 1.165) is 10.5 Å². The number of fused-ring (bicyclic) bond motifs is 2. The Hall–Kier alpha value is -1.54. The highest BCUT2D eigenvalue weighted by atomic mass is 32.2. The van der Waals surface area contributed by atoms with E-state index >= 15 is 0 Å². The molecule has 0 bridgehead atoms. The van der Waals surface area contributed by atoms with Gasteiger partial charge in [0.25, 0.3) is 0 Å². The monoisotopic (exact) mass is 296 g/mol. The Balaban J connectivity index is 2.03. The lowest BCUT2D eigenvalue weighted by atomic mass is 9.88. The first-order chi connectivity index (χ1) is 10.1. The molecule has 1 atom stereocenters. The lowest BCUT2D eigenvalue weighted by Gasteiger charge is -2.17. The molecular weight excluding hydrogens is 276 g/mol. The molecule has 3 rings (SSSR count). The Morgan fingerprint density at radius 2 is 1.76 bits per heavy atom. The van der Waals surface area contributed by atoms with Gasteiger partial charge in [-0.1, -0.05) is 62.9 Å². The van der Waals surface area contributed by atoms with E-state index in [-0.39, 0.29) is 5.78 Å². The summed E-state index contributed by atoms with van der Waals surface area (Å²) in [4.78, 5) is 14.8. The van der Waals surface area contributed by atoms with E-state index in [9.17, 15) is 4.79 Å². The highest BCUT2D eigenvalue weighted by Crippen LogP contribution is 2.38. The van der Waals surface area contributed by atoms with Crippen LogP contribution >= 0.6 is 11.8 Å². The van der Waals surface area contributed by atoms with E-state index in [1.54, 1.807) is 11.8 Å². The third-order valence-corrected chi connectivity index (χ3v) is 5.56. The lowest BCUT2D eigenvalue weighted by molar-refractivity contribution is 0.0990. The van der Waals surface area contributed by atoms with E-state index in [0.29, 0.717) is 18.3 Å². The number of carbonyl (C=O) groups is 1. The van der Waals surface area contributed by atoms with Gasteiger partial charge >= 0.3 is 0 Å². The fourth-order valence-electron chi connectivity index (χ4n) is 2.68. The van der Waals surface area contributed by atoms with Gasteiger partial charge in [-0.15, -0.1) is 0 Å². The summed E-state index contributed by atoms with van der Waals surface area (Å²) >= 11 is 1.72. The molecule has 0 N–H and O–H groups in total. The summed E-state index contributed by atoms with van der Waals surface area (Å²) in [5.74, 6) is 1.35. The van der Waals surface area contributed by atoms with Gasteiger partial charge in [-0.3, -0.25) is 4.79 Å². The third-order valence-electron chi connectivity index (χ3n) is 4.37. The van der Waals surface area contributed by atoms with E-state index in [2.05, 4.69) is 39.0 Å². The summed E-state index contributed by atoms with van der Waals surface area (Å²) in [7, 11) is 0. The summed E-state index contributed by atoms with van der Waals surface area (Å²) in [6.45, 7) is 6.74. The largest absolute Gasteiger partial charge is 0.294 e. The van der Waals surface area contributed by atoms with Crippen molar-refractivity contribution in [2.75, 3.05) is 0 Å². The first-order valence-corrected chi connectivity index (χ1v) is 8.31. The molecule has 108 valence electrons. The Morgan fingerprint density at radius 1 is 1.00 bits per heavy atom. The van der Waals surface area contributed by atoms with Gasteiger partial charge in [0.2, 0.25) is 0 Å². The number of ketones is 1. The maximum absolute atomic E-state index is 12.5. The van der Waals surface area contributed by atoms with Gasteiger partial charge in [0.1, 0.15) is 0 Å². The second kappa shape index (κ2) is 5.69. The van der Waals surface area contributed by atoms with Crippen molar-refractivity contribution in [2.24, 2.45) is 5.92 Å². The smallest absolute Gasteiger partial charge is 0.168 e. The van der Waals surface area contributed by atoms with E-state index < -0.39 is 0 Å².